The van der Waals surface area contributed by atoms with E-state index in [1.54, 1.807) is 12.1 Å². The average Bonchev–Trinajstić information content (AvgIpc) is 2.66. The van der Waals surface area contributed by atoms with Crippen molar-refractivity contribution in [2.24, 2.45) is 5.92 Å². The van der Waals surface area contributed by atoms with Crippen LogP contribution in [0.5, 0.6) is 0 Å². The van der Waals surface area contributed by atoms with Gasteiger partial charge in [-0.3, -0.25) is 4.79 Å². The summed E-state index contributed by atoms with van der Waals surface area (Å²) in [6, 6.07) is 16.3. The number of sulfonamides is 1. The molecule has 0 heterocycles. The van der Waals surface area contributed by atoms with Gasteiger partial charge in [-0.1, -0.05) is 50.2 Å². The summed E-state index contributed by atoms with van der Waals surface area (Å²) in [5.74, 6) is 0.187. The maximum absolute atomic E-state index is 12.7. The Kier molecular flexibility index (Phi) is 7.35. The van der Waals surface area contributed by atoms with Gasteiger partial charge in [-0.2, -0.15) is 0 Å². The lowest BCUT2D eigenvalue weighted by Crippen LogP contribution is -2.93. The van der Waals surface area contributed by atoms with E-state index in [1.807, 2.05) is 25.1 Å². The number of benzene rings is 2. The van der Waals surface area contributed by atoms with Gasteiger partial charge in [0.25, 0.3) is 5.91 Å². The number of hydrogen-bond acceptors (Lipinski definition) is 3. The third-order valence-corrected chi connectivity index (χ3v) is 6.50. The number of anilines is 1. The summed E-state index contributed by atoms with van der Waals surface area (Å²) in [4.78, 5) is 12.8. The van der Waals surface area contributed by atoms with Gasteiger partial charge < -0.3 is 10.6 Å². The zero-order chi connectivity index (χ0) is 20.9. The molecule has 1 amide bonds. The molecule has 2 aromatic carbocycles. The number of quaternary nitrogens is 1. The predicted molar refractivity (Wildman–Crippen MR) is 111 cm³/mol. The van der Waals surface area contributed by atoms with Crippen LogP contribution in [-0.4, -0.2) is 38.8 Å². The molecule has 0 spiro atoms. The minimum atomic E-state index is -3.55. The lowest BCUT2D eigenvalue weighted by Gasteiger charge is -2.23. The van der Waals surface area contributed by atoms with Crippen LogP contribution >= 0.6 is 0 Å². The molecule has 0 radical (unpaired) electrons. The monoisotopic (exact) mass is 404 g/mol. The number of amides is 1. The fourth-order valence-electron chi connectivity index (χ4n) is 2.99. The Morgan fingerprint density at radius 3 is 2.21 bits per heavy atom. The summed E-state index contributed by atoms with van der Waals surface area (Å²) in [7, 11) is -0.589. The third-order valence-electron chi connectivity index (χ3n) is 4.69. The molecule has 6 nitrogen and oxygen atoms in total. The van der Waals surface area contributed by atoms with E-state index >= 15 is 0 Å². The Hall–Kier alpha value is -2.22. The molecule has 2 aromatic rings. The Labute approximate surface area is 168 Å². The molecule has 0 aliphatic rings. The van der Waals surface area contributed by atoms with E-state index in [1.165, 1.54) is 31.8 Å². The highest BCUT2D eigenvalue weighted by molar-refractivity contribution is 7.89. The number of hydrogen-bond donors (Lipinski definition) is 2. The van der Waals surface area contributed by atoms with Crippen molar-refractivity contribution >= 4 is 21.6 Å². The molecule has 0 fully saturated rings. The smallest absolute Gasteiger partial charge is 0.282 e. The van der Waals surface area contributed by atoms with Crippen molar-refractivity contribution in [1.29, 1.82) is 0 Å². The van der Waals surface area contributed by atoms with Crippen LogP contribution < -0.4 is 10.6 Å². The van der Waals surface area contributed by atoms with Crippen LogP contribution in [0.3, 0.4) is 0 Å². The Morgan fingerprint density at radius 2 is 1.64 bits per heavy atom. The maximum Gasteiger partial charge on any atom is 0.282 e. The minimum absolute atomic E-state index is 0.149. The first kappa shape index (κ1) is 22.1. The number of rotatable bonds is 8. The summed E-state index contributed by atoms with van der Waals surface area (Å²) < 4.78 is 25.7. The molecule has 152 valence electrons. The average molecular weight is 405 g/mol. The first-order chi connectivity index (χ1) is 13.1. The molecule has 28 heavy (non-hydrogen) atoms. The fourth-order valence-corrected chi connectivity index (χ4v) is 3.94. The minimum Gasteiger partial charge on any atom is -0.330 e. The van der Waals surface area contributed by atoms with Crippen LogP contribution in [0, 0.1) is 5.92 Å². The van der Waals surface area contributed by atoms with Crippen LogP contribution in [-0.2, 0) is 14.8 Å². The van der Waals surface area contributed by atoms with Gasteiger partial charge in [0.15, 0.2) is 6.04 Å². The summed E-state index contributed by atoms with van der Waals surface area (Å²) in [5.41, 5.74) is 1.64. The molecule has 2 atom stereocenters. The van der Waals surface area contributed by atoms with Gasteiger partial charge in [0.1, 0.15) is 6.04 Å². The standard InChI is InChI=1S/C21H29N3O3S/c1-15(2)20(17-10-7-6-8-11-17)22-16(3)21(25)23-18-12-9-13-19(14-18)28(26,27)24(4)5/h6-16,20,22H,1-5H3,(H,23,25)/p+1/t16-,20+/m0/s1. The molecule has 0 saturated heterocycles. The van der Waals surface area contributed by atoms with E-state index < -0.39 is 10.0 Å². The van der Waals surface area contributed by atoms with Crippen molar-refractivity contribution in [2.75, 3.05) is 19.4 Å². The number of carbonyl (C=O) groups excluding carboxylic acids is 1. The molecule has 0 aliphatic carbocycles. The van der Waals surface area contributed by atoms with Crippen LogP contribution in [0.25, 0.3) is 0 Å². The number of nitrogens with two attached hydrogens (primary N) is 1. The quantitative estimate of drug-likeness (QED) is 0.708. The van der Waals surface area contributed by atoms with Crippen LogP contribution in [0.2, 0.25) is 0 Å². The first-order valence-electron chi connectivity index (χ1n) is 9.36. The summed E-state index contributed by atoms with van der Waals surface area (Å²) >= 11 is 0. The van der Waals surface area contributed by atoms with E-state index in [0.717, 1.165) is 4.31 Å². The SMILES string of the molecule is CC(C)[C@@H]([NH2+][C@@H](C)C(=O)Nc1cccc(S(=O)(=O)N(C)C)c1)c1ccccc1. The molecule has 0 saturated carbocycles. The second-order valence-electron chi connectivity index (χ2n) is 7.47. The lowest BCUT2D eigenvalue weighted by atomic mass is 9.95. The number of nitrogens with one attached hydrogen (secondary N) is 1. The molecular weight excluding hydrogens is 374 g/mol. The molecule has 3 N–H and O–H groups in total. The molecule has 0 aliphatic heterocycles. The molecule has 7 heteroatoms. The van der Waals surface area contributed by atoms with Gasteiger partial charge in [0.2, 0.25) is 10.0 Å². The zero-order valence-corrected chi connectivity index (χ0v) is 17.9. The predicted octanol–water partition coefficient (Wildman–Crippen LogP) is 2.22. The third kappa shape index (κ3) is 5.41. The largest absolute Gasteiger partial charge is 0.330 e. The fraction of sp³-hybridized carbons (Fsp3) is 0.381. The van der Waals surface area contributed by atoms with E-state index in [2.05, 4.69) is 36.6 Å². The Balaban J connectivity index is 2.12. The van der Waals surface area contributed by atoms with Crippen LogP contribution in [0.15, 0.2) is 59.5 Å². The van der Waals surface area contributed by atoms with Gasteiger partial charge in [-0.05, 0) is 25.1 Å². The highest BCUT2D eigenvalue weighted by Crippen LogP contribution is 2.19. The Morgan fingerprint density at radius 1 is 1.00 bits per heavy atom. The second kappa shape index (κ2) is 9.32. The summed E-state index contributed by atoms with van der Waals surface area (Å²) in [6.45, 7) is 6.12. The van der Waals surface area contributed by atoms with Gasteiger partial charge in [0, 0.05) is 31.3 Å². The molecule has 0 unspecified atom stereocenters. The zero-order valence-electron chi connectivity index (χ0n) is 17.1. The molecule has 0 aromatic heterocycles. The van der Waals surface area contributed by atoms with Gasteiger partial charge in [0.05, 0.1) is 4.90 Å². The summed E-state index contributed by atoms with van der Waals surface area (Å²) in [6.07, 6.45) is 0. The number of carbonyl (C=O) groups is 1. The Bertz CT molecular complexity index is 896. The van der Waals surface area contributed by atoms with E-state index in [9.17, 15) is 13.2 Å². The van der Waals surface area contributed by atoms with Crippen LogP contribution in [0.1, 0.15) is 32.4 Å². The second-order valence-corrected chi connectivity index (χ2v) is 9.62. The lowest BCUT2D eigenvalue weighted by molar-refractivity contribution is -0.718. The summed E-state index contributed by atoms with van der Waals surface area (Å²) in [5, 5.41) is 4.89. The van der Waals surface area contributed by atoms with Crippen molar-refractivity contribution in [1.82, 2.24) is 4.31 Å². The van der Waals surface area contributed by atoms with Crippen molar-refractivity contribution in [3.8, 4) is 0 Å². The topological polar surface area (TPSA) is 83.1 Å². The normalized spacial score (nSPS) is 14.1. The molecule has 0 bridgehead atoms. The van der Waals surface area contributed by atoms with Crippen molar-refractivity contribution in [3.05, 3.63) is 60.2 Å². The van der Waals surface area contributed by atoms with Gasteiger partial charge in [-0.25, -0.2) is 12.7 Å². The molecule has 2 rings (SSSR count). The van der Waals surface area contributed by atoms with E-state index in [-0.39, 0.29) is 22.9 Å². The van der Waals surface area contributed by atoms with Gasteiger partial charge >= 0.3 is 0 Å². The molecular formula is C21H30N3O3S+. The highest BCUT2D eigenvalue weighted by atomic mass is 32.2. The van der Waals surface area contributed by atoms with E-state index in [4.69, 9.17) is 0 Å². The number of nitrogens with zero attached hydrogens (tertiary/aromatic N) is 1. The van der Waals surface area contributed by atoms with Crippen molar-refractivity contribution < 1.29 is 18.5 Å². The van der Waals surface area contributed by atoms with Crippen LogP contribution in [0.4, 0.5) is 5.69 Å². The van der Waals surface area contributed by atoms with Crippen molar-refractivity contribution in [3.63, 3.8) is 0 Å². The van der Waals surface area contributed by atoms with Gasteiger partial charge in [-0.15, -0.1) is 0 Å². The highest BCUT2D eigenvalue weighted by Gasteiger charge is 2.26. The van der Waals surface area contributed by atoms with E-state index in [0.29, 0.717) is 11.6 Å². The first-order valence-corrected chi connectivity index (χ1v) is 10.8. The van der Waals surface area contributed by atoms with Crippen molar-refractivity contribution in [2.45, 2.75) is 37.8 Å². The maximum atomic E-state index is 12.7.